The molecule has 0 aromatic carbocycles. The van der Waals surface area contributed by atoms with Crippen LogP contribution in [-0.4, -0.2) is 36.4 Å². The highest BCUT2D eigenvalue weighted by Gasteiger charge is 2.51. The summed E-state index contributed by atoms with van der Waals surface area (Å²) in [7, 11) is 1.74. The van der Waals surface area contributed by atoms with Crippen LogP contribution in [0.4, 0.5) is 0 Å². The van der Waals surface area contributed by atoms with Gasteiger partial charge in [-0.25, -0.2) is 0 Å². The molecule has 0 bridgehead atoms. The Morgan fingerprint density at radius 2 is 2.00 bits per heavy atom. The monoisotopic (exact) mass is 255 g/mol. The predicted molar refractivity (Wildman–Crippen MR) is 69.5 cm³/mol. The van der Waals surface area contributed by atoms with E-state index in [1.807, 2.05) is 0 Å². The zero-order chi connectivity index (χ0) is 13.2. The molecule has 2 fully saturated rings. The molecule has 0 aromatic rings. The van der Waals surface area contributed by atoms with Gasteiger partial charge in [-0.15, -0.1) is 0 Å². The fourth-order valence-corrected chi connectivity index (χ4v) is 3.08. The van der Waals surface area contributed by atoms with Crippen LogP contribution in [0.15, 0.2) is 0 Å². The summed E-state index contributed by atoms with van der Waals surface area (Å²) >= 11 is 0. The lowest BCUT2D eigenvalue weighted by Gasteiger charge is -2.34. The van der Waals surface area contributed by atoms with E-state index < -0.39 is 11.5 Å². The van der Waals surface area contributed by atoms with Crippen LogP contribution in [0.25, 0.3) is 0 Å². The third kappa shape index (κ3) is 2.69. The predicted octanol–water partition coefficient (Wildman–Crippen LogP) is 2.03. The molecule has 0 radical (unpaired) electrons. The van der Waals surface area contributed by atoms with Gasteiger partial charge in [-0.3, -0.25) is 4.79 Å². The van der Waals surface area contributed by atoms with Gasteiger partial charge in [-0.05, 0) is 44.6 Å². The molecule has 2 rings (SSSR count). The van der Waals surface area contributed by atoms with E-state index in [0.29, 0.717) is 12.5 Å². The Bertz CT molecular complexity index is 303. The van der Waals surface area contributed by atoms with Gasteiger partial charge in [-0.1, -0.05) is 19.8 Å². The summed E-state index contributed by atoms with van der Waals surface area (Å²) in [6.07, 6.45) is 6.99. The van der Waals surface area contributed by atoms with Crippen LogP contribution < -0.4 is 5.32 Å². The molecule has 104 valence electrons. The Balaban J connectivity index is 1.94. The number of carboxylic acid groups (broad SMARTS) is 1. The first kappa shape index (κ1) is 13.8. The summed E-state index contributed by atoms with van der Waals surface area (Å²) < 4.78 is 5.97. The largest absolute Gasteiger partial charge is 0.480 e. The van der Waals surface area contributed by atoms with E-state index in [4.69, 9.17) is 4.74 Å². The smallest absolute Gasteiger partial charge is 0.326 e. The van der Waals surface area contributed by atoms with Gasteiger partial charge in [0.15, 0.2) is 0 Å². The Kier molecular flexibility index (Phi) is 4.28. The van der Waals surface area contributed by atoms with E-state index in [0.717, 1.165) is 19.3 Å². The lowest BCUT2D eigenvalue weighted by Crippen LogP contribution is -2.56. The van der Waals surface area contributed by atoms with Crippen LogP contribution in [0.2, 0.25) is 0 Å². The molecule has 2 saturated carbocycles. The van der Waals surface area contributed by atoms with Crippen molar-refractivity contribution in [1.82, 2.24) is 5.32 Å². The minimum atomic E-state index is -0.864. The van der Waals surface area contributed by atoms with Gasteiger partial charge in [0.2, 0.25) is 0 Å². The van der Waals surface area contributed by atoms with Crippen LogP contribution in [0.3, 0.4) is 0 Å². The number of hydrogen-bond acceptors (Lipinski definition) is 3. The number of likely N-dealkylation sites (N-methyl/N-ethyl adjacent to an activating group) is 1. The number of carboxylic acids is 1. The summed E-state index contributed by atoms with van der Waals surface area (Å²) in [6, 6.07) is 0. The number of carbonyl (C=O) groups is 1. The topological polar surface area (TPSA) is 58.6 Å². The molecular weight excluding hydrogens is 230 g/mol. The molecule has 2 aliphatic carbocycles. The maximum atomic E-state index is 11.5. The van der Waals surface area contributed by atoms with Crippen molar-refractivity contribution < 1.29 is 14.6 Å². The first-order valence-electron chi connectivity index (χ1n) is 7.14. The average molecular weight is 255 g/mol. The molecule has 4 heteroatoms. The molecule has 2 N–H and O–H groups in total. The third-order valence-electron chi connectivity index (χ3n) is 4.66. The van der Waals surface area contributed by atoms with E-state index in [9.17, 15) is 9.90 Å². The lowest BCUT2D eigenvalue weighted by atomic mass is 9.87. The highest BCUT2D eigenvalue weighted by Crippen LogP contribution is 2.40. The van der Waals surface area contributed by atoms with Crippen LogP contribution >= 0.6 is 0 Å². The van der Waals surface area contributed by atoms with Gasteiger partial charge in [0, 0.05) is 0 Å². The van der Waals surface area contributed by atoms with Crippen molar-refractivity contribution in [3.05, 3.63) is 0 Å². The fourth-order valence-electron chi connectivity index (χ4n) is 3.08. The first-order valence-corrected chi connectivity index (χ1v) is 7.14. The van der Waals surface area contributed by atoms with E-state index in [1.54, 1.807) is 7.05 Å². The SMILES string of the molecule is CNC(COC1CCCCC1C)(C(=O)O)C1CC1. The van der Waals surface area contributed by atoms with Gasteiger partial charge in [0.1, 0.15) is 5.54 Å². The van der Waals surface area contributed by atoms with E-state index >= 15 is 0 Å². The van der Waals surface area contributed by atoms with Crippen LogP contribution in [0, 0.1) is 11.8 Å². The highest BCUT2D eigenvalue weighted by molar-refractivity contribution is 5.80. The van der Waals surface area contributed by atoms with Gasteiger partial charge in [0.05, 0.1) is 12.7 Å². The second-order valence-corrected chi connectivity index (χ2v) is 5.91. The van der Waals surface area contributed by atoms with Crippen LogP contribution in [0.1, 0.15) is 45.4 Å². The van der Waals surface area contributed by atoms with Gasteiger partial charge in [-0.2, -0.15) is 0 Å². The quantitative estimate of drug-likeness (QED) is 0.762. The molecule has 0 heterocycles. The molecule has 0 spiro atoms. The standard InChI is InChI=1S/C14H25NO3/c1-10-5-3-4-6-12(10)18-9-14(15-2,13(16)17)11-7-8-11/h10-12,15H,3-9H2,1-2H3,(H,16,17). The second kappa shape index (κ2) is 5.57. The Labute approximate surface area is 109 Å². The van der Waals surface area contributed by atoms with Crippen molar-refractivity contribution in [2.45, 2.75) is 57.1 Å². The molecule has 3 atom stereocenters. The van der Waals surface area contributed by atoms with Crippen molar-refractivity contribution in [3.63, 3.8) is 0 Å². The van der Waals surface area contributed by atoms with Crippen molar-refractivity contribution in [1.29, 1.82) is 0 Å². The summed E-state index contributed by atoms with van der Waals surface area (Å²) in [5.74, 6) is 0.0242. The minimum absolute atomic E-state index is 0.235. The number of ether oxygens (including phenoxy) is 1. The van der Waals surface area contributed by atoms with E-state index in [-0.39, 0.29) is 12.0 Å². The van der Waals surface area contributed by atoms with Crippen LogP contribution in [0.5, 0.6) is 0 Å². The van der Waals surface area contributed by atoms with E-state index in [1.165, 1.54) is 19.3 Å². The average Bonchev–Trinajstić information content (AvgIpc) is 3.17. The Hall–Kier alpha value is -0.610. The van der Waals surface area contributed by atoms with Gasteiger partial charge in [0.25, 0.3) is 0 Å². The van der Waals surface area contributed by atoms with Gasteiger partial charge >= 0.3 is 5.97 Å². The number of nitrogens with one attached hydrogen (secondary N) is 1. The molecule has 18 heavy (non-hydrogen) atoms. The molecule has 0 saturated heterocycles. The van der Waals surface area contributed by atoms with Crippen molar-refractivity contribution in [2.24, 2.45) is 11.8 Å². The summed E-state index contributed by atoms with van der Waals surface area (Å²) in [5, 5.41) is 12.5. The molecule has 3 unspecified atom stereocenters. The van der Waals surface area contributed by atoms with Crippen molar-refractivity contribution in [3.8, 4) is 0 Å². The maximum absolute atomic E-state index is 11.5. The molecule has 0 aromatic heterocycles. The van der Waals surface area contributed by atoms with Crippen molar-refractivity contribution >= 4 is 5.97 Å². The summed E-state index contributed by atoms with van der Waals surface area (Å²) in [6.45, 7) is 2.52. The number of aliphatic carboxylic acids is 1. The molecule has 0 aliphatic heterocycles. The molecule has 0 amide bonds. The molecule has 4 nitrogen and oxygen atoms in total. The molecule has 2 aliphatic rings. The minimum Gasteiger partial charge on any atom is -0.480 e. The second-order valence-electron chi connectivity index (χ2n) is 5.91. The zero-order valence-corrected chi connectivity index (χ0v) is 11.4. The number of rotatable bonds is 6. The number of hydrogen-bond donors (Lipinski definition) is 2. The Morgan fingerprint density at radius 3 is 2.50 bits per heavy atom. The Morgan fingerprint density at radius 1 is 1.33 bits per heavy atom. The highest BCUT2D eigenvalue weighted by atomic mass is 16.5. The van der Waals surface area contributed by atoms with Crippen LogP contribution in [-0.2, 0) is 9.53 Å². The zero-order valence-electron chi connectivity index (χ0n) is 11.4. The normalized spacial score (nSPS) is 31.9. The lowest BCUT2D eigenvalue weighted by molar-refractivity contribution is -0.151. The van der Waals surface area contributed by atoms with E-state index in [2.05, 4.69) is 12.2 Å². The van der Waals surface area contributed by atoms with Crippen molar-refractivity contribution in [2.75, 3.05) is 13.7 Å². The van der Waals surface area contributed by atoms with Gasteiger partial charge < -0.3 is 15.2 Å². The summed E-state index contributed by atoms with van der Waals surface area (Å²) in [4.78, 5) is 11.5. The fraction of sp³-hybridized carbons (Fsp3) is 0.929. The molecular formula is C14H25NO3. The maximum Gasteiger partial charge on any atom is 0.326 e. The first-order chi connectivity index (χ1) is 8.60. The summed E-state index contributed by atoms with van der Waals surface area (Å²) in [5.41, 5.74) is -0.864. The third-order valence-corrected chi connectivity index (χ3v) is 4.66.